The number of esters is 1. The lowest BCUT2D eigenvalue weighted by atomic mass is 10.2. The smallest absolute Gasteiger partial charge is 0.343 e. The Morgan fingerprint density at radius 3 is 2.29 bits per heavy atom. The van der Waals surface area contributed by atoms with Crippen molar-refractivity contribution in [2.45, 2.75) is 18.4 Å². The van der Waals surface area contributed by atoms with Gasteiger partial charge in [0.2, 0.25) is 0 Å². The molecule has 8 heteroatoms. The summed E-state index contributed by atoms with van der Waals surface area (Å²) in [6.07, 6.45) is 0. The fraction of sp³-hybridized carbons (Fsp3) is 0.174. The molecule has 0 aliphatic rings. The first kappa shape index (κ1) is 22.2. The maximum absolute atomic E-state index is 12.7. The number of anilines is 1. The molecule has 0 spiro atoms. The third-order valence-electron chi connectivity index (χ3n) is 4.38. The highest BCUT2D eigenvalue weighted by Crippen LogP contribution is 2.24. The van der Waals surface area contributed by atoms with Gasteiger partial charge in [0.25, 0.3) is 10.0 Å². The van der Waals surface area contributed by atoms with E-state index in [2.05, 4.69) is 9.46 Å². The number of rotatable bonds is 9. The fourth-order valence-electron chi connectivity index (χ4n) is 2.72. The molecule has 0 aliphatic carbocycles. The topological polar surface area (TPSA) is 90.9 Å². The molecule has 31 heavy (non-hydrogen) atoms. The number of carbonyl (C=O) groups is 1. The van der Waals surface area contributed by atoms with Crippen LogP contribution >= 0.6 is 0 Å². The van der Waals surface area contributed by atoms with E-state index < -0.39 is 16.0 Å². The number of nitrogens with one attached hydrogen (secondary N) is 1. The average Bonchev–Trinajstić information content (AvgIpc) is 2.78. The molecule has 0 fully saturated rings. The van der Waals surface area contributed by atoms with Gasteiger partial charge in [0.05, 0.1) is 12.0 Å². The van der Waals surface area contributed by atoms with E-state index in [-0.39, 0.29) is 11.5 Å². The van der Waals surface area contributed by atoms with Crippen LogP contribution < -0.4 is 14.2 Å². The summed E-state index contributed by atoms with van der Waals surface area (Å²) in [6.45, 7) is 1.88. The van der Waals surface area contributed by atoms with Gasteiger partial charge in [0, 0.05) is 5.69 Å². The number of hydrogen-bond acceptors (Lipinski definition) is 6. The Balaban J connectivity index is 1.63. The first-order chi connectivity index (χ1) is 14.9. The minimum absolute atomic E-state index is 0.0832. The molecule has 1 N–H and O–H groups in total. The SMILES string of the molecule is COC(=O)COc1ccc(S(=O)(=O)Nc2ccc(OCc3ccccc3)cc2)cc1C. The average molecular weight is 442 g/mol. The van der Waals surface area contributed by atoms with Crippen molar-refractivity contribution in [1.29, 1.82) is 0 Å². The van der Waals surface area contributed by atoms with E-state index in [1.54, 1.807) is 31.2 Å². The molecule has 0 unspecified atom stereocenters. The van der Waals surface area contributed by atoms with E-state index in [4.69, 9.17) is 9.47 Å². The molecule has 0 aliphatic heterocycles. The first-order valence-electron chi connectivity index (χ1n) is 9.47. The summed E-state index contributed by atoms with van der Waals surface area (Å²) >= 11 is 0. The minimum Gasteiger partial charge on any atom is -0.489 e. The Bertz CT molecular complexity index is 1130. The van der Waals surface area contributed by atoms with Crippen LogP contribution in [0.1, 0.15) is 11.1 Å². The molecular weight excluding hydrogens is 418 g/mol. The molecule has 0 atom stereocenters. The molecule has 0 bridgehead atoms. The summed E-state index contributed by atoms with van der Waals surface area (Å²) in [5.74, 6) is 0.521. The number of benzene rings is 3. The van der Waals surface area contributed by atoms with Crippen molar-refractivity contribution in [3.8, 4) is 11.5 Å². The second kappa shape index (κ2) is 9.99. The number of ether oxygens (including phenoxy) is 3. The molecular formula is C23H23NO6S. The third-order valence-corrected chi connectivity index (χ3v) is 5.76. The van der Waals surface area contributed by atoms with Crippen molar-refractivity contribution in [1.82, 2.24) is 0 Å². The number of sulfonamides is 1. The standard InChI is InChI=1S/C23H23NO6S/c1-17-14-21(12-13-22(17)30-16-23(25)28-2)31(26,27)24-19-8-10-20(11-9-19)29-15-18-6-4-3-5-7-18/h3-14,24H,15-16H2,1-2H3. The Morgan fingerprint density at radius 2 is 1.65 bits per heavy atom. The molecule has 0 aromatic heterocycles. The number of aryl methyl sites for hydroxylation is 1. The van der Waals surface area contributed by atoms with Gasteiger partial charge < -0.3 is 14.2 Å². The Kier molecular flexibility index (Phi) is 7.15. The number of methoxy groups -OCH3 is 1. The van der Waals surface area contributed by atoms with Gasteiger partial charge in [-0.05, 0) is 60.5 Å². The minimum atomic E-state index is -3.79. The van der Waals surface area contributed by atoms with E-state index in [0.717, 1.165) is 5.56 Å². The van der Waals surface area contributed by atoms with Gasteiger partial charge in [-0.1, -0.05) is 30.3 Å². The van der Waals surface area contributed by atoms with Crippen LogP contribution in [0.3, 0.4) is 0 Å². The summed E-state index contributed by atoms with van der Waals surface area (Å²) in [4.78, 5) is 11.3. The molecule has 3 aromatic carbocycles. The van der Waals surface area contributed by atoms with Crippen molar-refractivity contribution in [3.63, 3.8) is 0 Å². The molecule has 7 nitrogen and oxygen atoms in total. The third kappa shape index (κ3) is 6.23. The van der Waals surface area contributed by atoms with E-state index >= 15 is 0 Å². The van der Waals surface area contributed by atoms with Crippen molar-refractivity contribution < 1.29 is 27.4 Å². The highest BCUT2D eigenvalue weighted by Gasteiger charge is 2.16. The van der Waals surface area contributed by atoms with E-state index in [1.165, 1.54) is 25.3 Å². The van der Waals surface area contributed by atoms with Gasteiger partial charge in [0.1, 0.15) is 18.1 Å². The molecule has 0 amide bonds. The van der Waals surface area contributed by atoms with Crippen molar-refractivity contribution in [2.75, 3.05) is 18.4 Å². The van der Waals surface area contributed by atoms with Crippen LogP contribution in [0.25, 0.3) is 0 Å². The normalized spacial score (nSPS) is 10.9. The summed E-state index contributed by atoms with van der Waals surface area (Å²) in [5.41, 5.74) is 2.04. The van der Waals surface area contributed by atoms with Crippen molar-refractivity contribution in [3.05, 3.63) is 83.9 Å². The van der Waals surface area contributed by atoms with Gasteiger partial charge >= 0.3 is 5.97 Å². The quantitative estimate of drug-likeness (QED) is 0.506. The second-order valence-electron chi connectivity index (χ2n) is 6.70. The van der Waals surface area contributed by atoms with Crippen LogP contribution in [-0.2, 0) is 26.2 Å². The Labute approximate surface area is 181 Å². The van der Waals surface area contributed by atoms with E-state index in [9.17, 15) is 13.2 Å². The maximum Gasteiger partial charge on any atom is 0.343 e. The summed E-state index contributed by atoms with van der Waals surface area (Å²) in [5, 5.41) is 0. The molecule has 0 saturated carbocycles. The second-order valence-corrected chi connectivity index (χ2v) is 8.38. The zero-order valence-electron chi connectivity index (χ0n) is 17.2. The van der Waals surface area contributed by atoms with E-state index in [0.29, 0.717) is 29.4 Å². The van der Waals surface area contributed by atoms with Gasteiger partial charge in [0.15, 0.2) is 6.61 Å². The summed E-state index contributed by atoms with van der Waals surface area (Å²) < 4.78 is 43.6. The van der Waals surface area contributed by atoms with Crippen molar-refractivity contribution >= 4 is 21.7 Å². The molecule has 3 rings (SSSR count). The zero-order chi connectivity index (χ0) is 22.3. The summed E-state index contributed by atoms with van der Waals surface area (Å²) in [7, 11) is -2.53. The fourth-order valence-corrected chi connectivity index (χ4v) is 3.86. The predicted molar refractivity (Wildman–Crippen MR) is 117 cm³/mol. The number of carbonyl (C=O) groups excluding carboxylic acids is 1. The lowest BCUT2D eigenvalue weighted by Crippen LogP contribution is -2.15. The van der Waals surface area contributed by atoms with E-state index in [1.807, 2.05) is 30.3 Å². The largest absolute Gasteiger partial charge is 0.489 e. The monoisotopic (exact) mass is 441 g/mol. The molecule has 0 saturated heterocycles. The van der Waals surface area contributed by atoms with Gasteiger partial charge in [-0.15, -0.1) is 0 Å². The van der Waals surface area contributed by atoms with Crippen LogP contribution in [0.15, 0.2) is 77.7 Å². The van der Waals surface area contributed by atoms with Crippen LogP contribution in [-0.4, -0.2) is 28.1 Å². The van der Waals surface area contributed by atoms with Gasteiger partial charge in [-0.3, -0.25) is 4.72 Å². The zero-order valence-corrected chi connectivity index (χ0v) is 18.0. The van der Waals surface area contributed by atoms with Crippen LogP contribution in [0.2, 0.25) is 0 Å². The highest BCUT2D eigenvalue weighted by molar-refractivity contribution is 7.92. The predicted octanol–water partition coefficient (Wildman–Crippen LogP) is 3.93. The van der Waals surface area contributed by atoms with Gasteiger partial charge in [-0.2, -0.15) is 0 Å². The summed E-state index contributed by atoms with van der Waals surface area (Å²) in [6, 6.07) is 20.8. The molecule has 162 valence electrons. The van der Waals surface area contributed by atoms with Crippen LogP contribution in [0, 0.1) is 6.92 Å². The lowest BCUT2D eigenvalue weighted by molar-refractivity contribution is -0.142. The molecule has 0 radical (unpaired) electrons. The van der Waals surface area contributed by atoms with Crippen LogP contribution in [0.5, 0.6) is 11.5 Å². The first-order valence-corrected chi connectivity index (χ1v) is 11.0. The Hall–Kier alpha value is -3.52. The number of hydrogen-bond donors (Lipinski definition) is 1. The molecule has 0 heterocycles. The van der Waals surface area contributed by atoms with Crippen LogP contribution in [0.4, 0.5) is 5.69 Å². The maximum atomic E-state index is 12.7. The van der Waals surface area contributed by atoms with Crippen molar-refractivity contribution in [2.24, 2.45) is 0 Å². The Morgan fingerprint density at radius 1 is 0.935 bits per heavy atom. The lowest BCUT2D eigenvalue weighted by Gasteiger charge is -2.12. The highest BCUT2D eigenvalue weighted by atomic mass is 32.2. The molecule has 3 aromatic rings. The van der Waals surface area contributed by atoms with Gasteiger partial charge in [-0.25, -0.2) is 13.2 Å².